The quantitative estimate of drug-likeness (QED) is 0.135. The normalized spacial score (nSPS) is 11.5. The Morgan fingerprint density at radius 1 is 0.288 bits per heavy atom. The van der Waals surface area contributed by atoms with Crippen molar-refractivity contribution in [1.29, 1.82) is 0 Å². The van der Waals surface area contributed by atoms with E-state index in [-0.39, 0.29) is 0 Å². The first-order chi connectivity index (χ1) is 25.7. The molecule has 10 aromatic rings. The van der Waals surface area contributed by atoms with Crippen molar-refractivity contribution in [3.8, 4) is 56.4 Å². The van der Waals surface area contributed by atoms with Crippen LogP contribution in [0.1, 0.15) is 0 Å². The molecular weight excluding hydrogens is 635 g/mol. The van der Waals surface area contributed by atoms with Gasteiger partial charge in [0.1, 0.15) is 0 Å². The second-order valence-electron chi connectivity index (χ2n) is 12.9. The molecule has 0 spiro atoms. The topological polar surface area (TPSA) is 64.5 Å². The number of pyridine rings is 5. The van der Waals surface area contributed by atoms with Gasteiger partial charge >= 0.3 is 0 Å². The monoisotopic (exact) mass is 663 g/mol. The number of rotatable bonds is 5. The molecule has 52 heavy (non-hydrogen) atoms. The van der Waals surface area contributed by atoms with Gasteiger partial charge in [0.05, 0.1) is 45.2 Å². The SMILES string of the molecule is c1ccc(-c2ccc3ccc4ccc(-c5cccc6cc7cccc(-c8cc(-c9ccccn9)nc(-c9ccccn9)c8)c7cc56)nc4c3n2)cc1. The van der Waals surface area contributed by atoms with Crippen LogP contribution in [0.5, 0.6) is 0 Å². The van der Waals surface area contributed by atoms with Crippen LogP contribution in [-0.2, 0) is 0 Å². The molecule has 0 aliphatic carbocycles. The van der Waals surface area contributed by atoms with Crippen LogP contribution >= 0.6 is 0 Å². The Morgan fingerprint density at radius 3 is 1.48 bits per heavy atom. The third-order valence-electron chi connectivity index (χ3n) is 9.74. The van der Waals surface area contributed by atoms with Crippen LogP contribution in [0.2, 0.25) is 0 Å². The van der Waals surface area contributed by atoms with Crippen LogP contribution in [0.4, 0.5) is 0 Å². The van der Waals surface area contributed by atoms with Gasteiger partial charge in [-0.25, -0.2) is 15.0 Å². The molecule has 5 nitrogen and oxygen atoms in total. The average Bonchev–Trinajstić information content (AvgIpc) is 3.23. The molecule has 10 rings (SSSR count). The van der Waals surface area contributed by atoms with Gasteiger partial charge in [-0.3, -0.25) is 9.97 Å². The standard InChI is InChI=1S/C47H29N5/c1-2-10-30(11-3-1)40-22-20-31-18-19-32-21-23-41(52-47(32)46(31)51-40)37-15-9-13-34-26-33-12-8-14-36(38(33)29-39(34)37)35-27-44(42-16-4-6-24-48-42)50-45(28-35)43-17-5-7-25-49-43/h1-29H. The first kappa shape index (κ1) is 29.8. The third kappa shape index (κ3) is 5.24. The maximum absolute atomic E-state index is 5.32. The minimum atomic E-state index is 0.800. The summed E-state index contributed by atoms with van der Waals surface area (Å²) in [6.07, 6.45) is 3.61. The number of hydrogen-bond acceptors (Lipinski definition) is 5. The van der Waals surface area contributed by atoms with Crippen LogP contribution in [0.15, 0.2) is 176 Å². The molecule has 5 heteroatoms. The number of nitrogens with zero attached hydrogens (tertiary/aromatic N) is 5. The fourth-order valence-electron chi connectivity index (χ4n) is 7.19. The minimum Gasteiger partial charge on any atom is -0.255 e. The zero-order chi connectivity index (χ0) is 34.4. The molecule has 0 saturated heterocycles. The molecule has 0 bridgehead atoms. The van der Waals surface area contributed by atoms with Crippen molar-refractivity contribution in [1.82, 2.24) is 24.9 Å². The zero-order valence-electron chi connectivity index (χ0n) is 28.0. The van der Waals surface area contributed by atoms with Gasteiger partial charge in [-0.1, -0.05) is 103 Å². The van der Waals surface area contributed by atoms with E-state index in [1.807, 2.05) is 54.6 Å². The maximum atomic E-state index is 5.32. The second-order valence-corrected chi connectivity index (χ2v) is 12.9. The minimum absolute atomic E-state index is 0.800. The summed E-state index contributed by atoms with van der Waals surface area (Å²) in [5.74, 6) is 0. The highest BCUT2D eigenvalue weighted by molar-refractivity contribution is 6.10. The van der Waals surface area contributed by atoms with Crippen molar-refractivity contribution >= 4 is 43.4 Å². The molecule has 0 radical (unpaired) electrons. The summed E-state index contributed by atoms with van der Waals surface area (Å²) in [6.45, 7) is 0. The highest BCUT2D eigenvalue weighted by Gasteiger charge is 2.15. The molecule has 0 fully saturated rings. The van der Waals surface area contributed by atoms with Gasteiger partial charge in [-0.2, -0.15) is 0 Å². The molecule has 5 heterocycles. The first-order valence-corrected chi connectivity index (χ1v) is 17.3. The lowest BCUT2D eigenvalue weighted by atomic mass is 9.92. The summed E-state index contributed by atoms with van der Waals surface area (Å²) < 4.78 is 0. The summed E-state index contributed by atoms with van der Waals surface area (Å²) >= 11 is 0. The van der Waals surface area contributed by atoms with Gasteiger partial charge in [0.25, 0.3) is 0 Å². The molecule has 5 aromatic heterocycles. The fourth-order valence-corrected chi connectivity index (χ4v) is 7.19. The van der Waals surface area contributed by atoms with Gasteiger partial charge in [0, 0.05) is 34.3 Å². The van der Waals surface area contributed by atoms with Gasteiger partial charge in [0.15, 0.2) is 0 Å². The van der Waals surface area contributed by atoms with E-state index < -0.39 is 0 Å². The summed E-state index contributed by atoms with van der Waals surface area (Å²) in [5.41, 5.74) is 11.2. The summed E-state index contributed by atoms with van der Waals surface area (Å²) in [6, 6.07) is 56.7. The lowest BCUT2D eigenvalue weighted by Crippen LogP contribution is -1.94. The van der Waals surface area contributed by atoms with E-state index >= 15 is 0 Å². The highest BCUT2D eigenvalue weighted by Crippen LogP contribution is 2.38. The van der Waals surface area contributed by atoms with Crippen molar-refractivity contribution in [3.63, 3.8) is 0 Å². The Bertz CT molecular complexity index is 2890. The molecule has 5 aromatic carbocycles. The van der Waals surface area contributed by atoms with E-state index in [2.05, 4.69) is 119 Å². The van der Waals surface area contributed by atoms with E-state index in [0.717, 1.165) is 99.8 Å². The predicted molar refractivity (Wildman–Crippen MR) is 213 cm³/mol. The second kappa shape index (κ2) is 12.3. The molecule has 0 amide bonds. The van der Waals surface area contributed by atoms with Gasteiger partial charge in [-0.05, 0) is 93.3 Å². The molecule has 0 saturated carbocycles. The van der Waals surface area contributed by atoms with Crippen molar-refractivity contribution in [2.75, 3.05) is 0 Å². The average molecular weight is 664 g/mol. The zero-order valence-corrected chi connectivity index (χ0v) is 28.0. The Hall–Kier alpha value is -7.11. The number of fused-ring (bicyclic) bond motifs is 5. The predicted octanol–water partition coefficient (Wildman–Crippen LogP) is 11.6. The van der Waals surface area contributed by atoms with Gasteiger partial charge in [0.2, 0.25) is 0 Å². The fraction of sp³-hybridized carbons (Fsp3) is 0. The van der Waals surface area contributed by atoms with Crippen LogP contribution < -0.4 is 0 Å². The lowest BCUT2D eigenvalue weighted by molar-refractivity contribution is 1.22. The highest BCUT2D eigenvalue weighted by atomic mass is 14.8. The Labute approximate surface area is 300 Å². The smallest absolute Gasteiger partial charge is 0.0972 e. The van der Waals surface area contributed by atoms with E-state index in [0.29, 0.717) is 0 Å². The van der Waals surface area contributed by atoms with Gasteiger partial charge < -0.3 is 0 Å². The summed E-state index contributed by atoms with van der Waals surface area (Å²) in [7, 11) is 0. The maximum Gasteiger partial charge on any atom is 0.0972 e. The van der Waals surface area contributed by atoms with Crippen molar-refractivity contribution in [2.45, 2.75) is 0 Å². The molecule has 0 aliphatic heterocycles. The van der Waals surface area contributed by atoms with E-state index in [9.17, 15) is 0 Å². The largest absolute Gasteiger partial charge is 0.255 e. The molecule has 0 aliphatic rings. The Morgan fingerprint density at radius 2 is 0.846 bits per heavy atom. The third-order valence-corrected chi connectivity index (χ3v) is 9.74. The molecule has 0 N–H and O–H groups in total. The van der Waals surface area contributed by atoms with Crippen molar-refractivity contribution in [3.05, 3.63) is 176 Å². The van der Waals surface area contributed by atoms with Crippen LogP contribution in [0.3, 0.4) is 0 Å². The first-order valence-electron chi connectivity index (χ1n) is 17.3. The lowest BCUT2D eigenvalue weighted by Gasteiger charge is -2.14. The van der Waals surface area contributed by atoms with Gasteiger partial charge in [-0.15, -0.1) is 0 Å². The number of hydrogen-bond donors (Lipinski definition) is 0. The molecule has 242 valence electrons. The van der Waals surface area contributed by atoms with Crippen LogP contribution in [0.25, 0.3) is 99.8 Å². The Balaban J connectivity index is 1.16. The van der Waals surface area contributed by atoms with E-state index in [1.54, 1.807) is 12.4 Å². The van der Waals surface area contributed by atoms with E-state index in [4.69, 9.17) is 15.0 Å². The van der Waals surface area contributed by atoms with Crippen molar-refractivity contribution < 1.29 is 0 Å². The summed E-state index contributed by atoms with van der Waals surface area (Å²) in [4.78, 5) is 24.7. The number of aromatic nitrogens is 5. The molecule has 0 atom stereocenters. The molecular formula is C47H29N5. The van der Waals surface area contributed by atoms with E-state index in [1.165, 1.54) is 0 Å². The van der Waals surface area contributed by atoms with Crippen LogP contribution in [-0.4, -0.2) is 24.9 Å². The Kier molecular flexibility index (Phi) is 7.07. The molecule has 0 unspecified atom stereocenters. The van der Waals surface area contributed by atoms with Crippen LogP contribution in [0, 0.1) is 0 Å². The number of benzene rings is 5. The summed E-state index contributed by atoms with van der Waals surface area (Å²) in [5, 5.41) is 6.73. The van der Waals surface area contributed by atoms with Crippen molar-refractivity contribution in [2.24, 2.45) is 0 Å².